The Bertz CT molecular complexity index is 819. The summed E-state index contributed by atoms with van der Waals surface area (Å²) in [5.41, 5.74) is 1.14. The third-order valence-corrected chi connectivity index (χ3v) is 6.68. The summed E-state index contributed by atoms with van der Waals surface area (Å²) in [5.74, 6) is 1.41. The number of carbonyl (C=O) groups excluding carboxylic acids is 2. The fourth-order valence-electron chi connectivity index (χ4n) is 4.63. The van der Waals surface area contributed by atoms with Gasteiger partial charge in [-0.3, -0.25) is 14.5 Å². The molecule has 162 valence electrons. The van der Waals surface area contributed by atoms with E-state index in [9.17, 15) is 9.59 Å². The van der Waals surface area contributed by atoms with E-state index < -0.39 is 6.04 Å². The summed E-state index contributed by atoms with van der Waals surface area (Å²) in [6.07, 6.45) is 3.29. The fraction of sp³-hybridized carbons (Fsp3) is 0.636. The highest BCUT2D eigenvalue weighted by Gasteiger charge is 2.45. The number of rotatable bonds is 7. The molecule has 3 aliphatic heterocycles. The van der Waals surface area contributed by atoms with Crippen LogP contribution in [0.25, 0.3) is 0 Å². The highest BCUT2D eigenvalue weighted by Crippen LogP contribution is 2.45. The molecule has 1 atom stereocenters. The summed E-state index contributed by atoms with van der Waals surface area (Å²) in [7, 11) is 0. The lowest BCUT2D eigenvalue weighted by Gasteiger charge is -2.31. The Morgan fingerprint density at radius 2 is 1.97 bits per heavy atom. The normalized spacial score (nSPS) is 24.9. The maximum absolute atomic E-state index is 13.0. The minimum atomic E-state index is -0.401. The molecule has 5 rings (SSSR count). The van der Waals surface area contributed by atoms with Crippen LogP contribution in [-0.4, -0.2) is 73.8 Å². The summed E-state index contributed by atoms with van der Waals surface area (Å²) in [5, 5.41) is 3.16. The Labute approximate surface area is 176 Å². The average molecular weight is 415 g/mol. The van der Waals surface area contributed by atoms with Gasteiger partial charge in [-0.1, -0.05) is 6.07 Å². The molecular weight excluding hydrogens is 386 g/mol. The van der Waals surface area contributed by atoms with Gasteiger partial charge in [0.15, 0.2) is 11.5 Å². The maximum atomic E-state index is 13.0. The molecule has 30 heavy (non-hydrogen) atoms. The van der Waals surface area contributed by atoms with E-state index in [1.165, 1.54) is 0 Å². The van der Waals surface area contributed by atoms with Crippen LogP contribution in [0, 0.1) is 5.41 Å². The van der Waals surface area contributed by atoms with E-state index >= 15 is 0 Å². The molecule has 0 aromatic heterocycles. The molecule has 3 fully saturated rings. The first-order valence-electron chi connectivity index (χ1n) is 10.9. The van der Waals surface area contributed by atoms with Crippen molar-refractivity contribution in [3.8, 4) is 11.5 Å². The van der Waals surface area contributed by atoms with Crippen molar-refractivity contribution in [2.75, 3.05) is 46.2 Å². The minimum Gasteiger partial charge on any atom is -0.454 e. The SMILES string of the molecule is O=C(NCC1(CN2CCOCC2)CC1)C1CCC(=O)N1Cc1ccc2c(c1)OCO2. The van der Waals surface area contributed by atoms with Crippen molar-refractivity contribution in [2.24, 2.45) is 5.41 Å². The number of fused-ring (bicyclic) bond motifs is 1. The van der Waals surface area contributed by atoms with Gasteiger partial charge in [0.05, 0.1) is 13.2 Å². The lowest BCUT2D eigenvalue weighted by Crippen LogP contribution is -2.47. The summed E-state index contributed by atoms with van der Waals surface area (Å²) in [6.45, 7) is 5.85. The second-order valence-electron chi connectivity index (χ2n) is 8.87. The number of carbonyl (C=O) groups is 2. The standard InChI is InChI=1S/C22H29N3O5/c26-20-4-2-17(25(20)12-16-1-3-18-19(11-16)30-15-29-18)21(27)23-13-22(5-6-22)14-24-7-9-28-10-8-24/h1,3,11,17H,2,4-10,12-15H2,(H,23,27). The molecule has 1 unspecified atom stereocenters. The fourth-order valence-corrected chi connectivity index (χ4v) is 4.63. The van der Waals surface area contributed by atoms with Crippen LogP contribution < -0.4 is 14.8 Å². The van der Waals surface area contributed by atoms with Crippen molar-refractivity contribution >= 4 is 11.8 Å². The Balaban J connectivity index is 1.18. The van der Waals surface area contributed by atoms with Crippen LogP contribution in [0.5, 0.6) is 11.5 Å². The Morgan fingerprint density at radius 3 is 2.77 bits per heavy atom. The van der Waals surface area contributed by atoms with Crippen molar-refractivity contribution in [1.29, 1.82) is 0 Å². The van der Waals surface area contributed by atoms with Crippen LogP contribution >= 0.6 is 0 Å². The molecule has 1 aliphatic carbocycles. The zero-order valence-corrected chi connectivity index (χ0v) is 17.2. The largest absolute Gasteiger partial charge is 0.454 e. The quantitative estimate of drug-likeness (QED) is 0.719. The maximum Gasteiger partial charge on any atom is 0.242 e. The highest BCUT2D eigenvalue weighted by atomic mass is 16.7. The number of hydrogen-bond donors (Lipinski definition) is 1. The Morgan fingerprint density at radius 1 is 1.17 bits per heavy atom. The second kappa shape index (κ2) is 8.07. The number of ether oxygens (including phenoxy) is 3. The zero-order valence-electron chi connectivity index (χ0n) is 17.2. The first kappa shape index (κ1) is 19.6. The average Bonchev–Trinajstić information content (AvgIpc) is 3.19. The van der Waals surface area contributed by atoms with Gasteiger partial charge in [0.1, 0.15) is 6.04 Å². The monoisotopic (exact) mass is 415 g/mol. The Hall–Kier alpha value is -2.32. The first-order chi connectivity index (χ1) is 14.6. The minimum absolute atomic E-state index is 0.0299. The van der Waals surface area contributed by atoms with Gasteiger partial charge < -0.3 is 24.4 Å². The van der Waals surface area contributed by atoms with Crippen molar-refractivity contribution in [3.05, 3.63) is 23.8 Å². The molecule has 1 aromatic rings. The third kappa shape index (κ3) is 4.11. The van der Waals surface area contributed by atoms with E-state index in [4.69, 9.17) is 14.2 Å². The van der Waals surface area contributed by atoms with Crippen LogP contribution in [0.4, 0.5) is 0 Å². The molecule has 1 N–H and O–H groups in total. The number of nitrogens with one attached hydrogen (secondary N) is 1. The predicted octanol–water partition coefficient (Wildman–Crippen LogP) is 1.13. The lowest BCUT2D eigenvalue weighted by atomic mass is 10.1. The predicted molar refractivity (Wildman–Crippen MR) is 108 cm³/mol. The van der Waals surface area contributed by atoms with Crippen molar-refractivity contribution in [2.45, 2.75) is 38.3 Å². The van der Waals surface area contributed by atoms with Crippen molar-refractivity contribution in [3.63, 3.8) is 0 Å². The Kier molecular flexibility index (Phi) is 5.28. The molecule has 8 heteroatoms. The van der Waals surface area contributed by atoms with Gasteiger partial charge in [-0.2, -0.15) is 0 Å². The van der Waals surface area contributed by atoms with E-state index in [0.29, 0.717) is 31.7 Å². The zero-order chi connectivity index (χ0) is 20.6. The summed E-state index contributed by atoms with van der Waals surface area (Å²) in [6, 6.07) is 5.28. The van der Waals surface area contributed by atoms with Crippen LogP contribution in [0.2, 0.25) is 0 Å². The molecule has 8 nitrogen and oxygen atoms in total. The molecule has 2 amide bonds. The number of morpholine rings is 1. The first-order valence-corrected chi connectivity index (χ1v) is 10.9. The molecule has 1 aromatic carbocycles. The van der Waals surface area contributed by atoms with E-state index in [1.54, 1.807) is 4.90 Å². The van der Waals surface area contributed by atoms with E-state index in [1.807, 2.05) is 18.2 Å². The van der Waals surface area contributed by atoms with E-state index in [2.05, 4.69) is 10.2 Å². The number of likely N-dealkylation sites (tertiary alicyclic amines) is 1. The molecule has 0 bridgehead atoms. The van der Waals surface area contributed by atoms with Gasteiger partial charge >= 0.3 is 0 Å². The smallest absolute Gasteiger partial charge is 0.242 e. The van der Waals surface area contributed by atoms with Gasteiger partial charge in [0.25, 0.3) is 0 Å². The summed E-state index contributed by atoms with van der Waals surface area (Å²) in [4.78, 5) is 29.6. The van der Waals surface area contributed by atoms with Crippen LogP contribution in [-0.2, 0) is 20.9 Å². The number of amides is 2. The number of benzene rings is 1. The summed E-state index contributed by atoms with van der Waals surface area (Å²) < 4.78 is 16.2. The number of hydrogen-bond acceptors (Lipinski definition) is 6. The highest BCUT2D eigenvalue weighted by molar-refractivity contribution is 5.90. The third-order valence-electron chi connectivity index (χ3n) is 6.68. The molecule has 4 aliphatic rings. The van der Waals surface area contributed by atoms with E-state index in [-0.39, 0.29) is 24.0 Å². The number of nitrogens with zero attached hydrogens (tertiary/aromatic N) is 2. The van der Waals surface area contributed by atoms with E-state index in [0.717, 1.165) is 57.0 Å². The van der Waals surface area contributed by atoms with Crippen LogP contribution in [0.15, 0.2) is 18.2 Å². The van der Waals surface area contributed by atoms with Crippen LogP contribution in [0.3, 0.4) is 0 Å². The van der Waals surface area contributed by atoms with Gasteiger partial charge in [0, 0.05) is 44.6 Å². The molecule has 0 radical (unpaired) electrons. The van der Waals surface area contributed by atoms with Crippen molar-refractivity contribution < 1.29 is 23.8 Å². The van der Waals surface area contributed by atoms with Crippen molar-refractivity contribution in [1.82, 2.24) is 15.1 Å². The van der Waals surface area contributed by atoms with Gasteiger partial charge in [0.2, 0.25) is 18.6 Å². The summed E-state index contributed by atoms with van der Waals surface area (Å²) >= 11 is 0. The second-order valence-corrected chi connectivity index (χ2v) is 8.87. The molecule has 0 spiro atoms. The van der Waals surface area contributed by atoms with Gasteiger partial charge in [-0.25, -0.2) is 0 Å². The molecule has 1 saturated carbocycles. The van der Waals surface area contributed by atoms with Gasteiger partial charge in [-0.05, 0) is 37.0 Å². The molecule has 2 saturated heterocycles. The lowest BCUT2D eigenvalue weighted by molar-refractivity contribution is -0.135. The molecule has 3 heterocycles. The van der Waals surface area contributed by atoms with Crippen LogP contribution in [0.1, 0.15) is 31.2 Å². The van der Waals surface area contributed by atoms with Gasteiger partial charge in [-0.15, -0.1) is 0 Å². The molecular formula is C22H29N3O5. The topological polar surface area (TPSA) is 80.3 Å².